The van der Waals surface area contributed by atoms with Gasteiger partial charge in [-0.1, -0.05) is 13.0 Å². The van der Waals surface area contributed by atoms with E-state index in [2.05, 4.69) is 6.92 Å². The lowest BCUT2D eigenvalue weighted by Gasteiger charge is -2.14. The standard InChI is InChI=1S/C11H17NO2/c1-4-9-8(7-12)5-6-10(13-2)11(9)14-3/h5-6H,4,7,12H2,1-3H3. The summed E-state index contributed by atoms with van der Waals surface area (Å²) in [6.45, 7) is 2.61. The van der Waals surface area contributed by atoms with Crippen LogP contribution in [0.25, 0.3) is 0 Å². The Bertz CT molecular complexity index is 279. The lowest BCUT2D eigenvalue weighted by Crippen LogP contribution is -2.04. The first-order valence-corrected chi connectivity index (χ1v) is 4.71. The van der Waals surface area contributed by atoms with E-state index in [-0.39, 0.29) is 0 Å². The number of methoxy groups -OCH3 is 2. The first-order chi connectivity index (χ1) is 6.78. The maximum atomic E-state index is 5.64. The molecule has 1 rings (SSSR count). The molecule has 0 saturated heterocycles. The lowest BCUT2D eigenvalue weighted by molar-refractivity contribution is 0.351. The maximum absolute atomic E-state index is 5.64. The number of rotatable bonds is 4. The van der Waals surface area contributed by atoms with Crippen molar-refractivity contribution in [2.45, 2.75) is 19.9 Å². The molecule has 1 aromatic carbocycles. The van der Waals surface area contributed by atoms with Gasteiger partial charge in [-0.05, 0) is 18.1 Å². The normalized spacial score (nSPS) is 10.0. The minimum atomic E-state index is 0.531. The van der Waals surface area contributed by atoms with Gasteiger partial charge in [0.1, 0.15) is 0 Å². The highest BCUT2D eigenvalue weighted by molar-refractivity contribution is 5.50. The summed E-state index contributed by atoms with van der Waals surface area (Å²) in [5.41, 5.74) is 7.89. The molecule has 0 radical (unpaired) electrons. The molecule has 1 aromatic rings. The van der Waals surface area contributed by atoms with Crippen LogP contribution in [-0.2, 0) is 13.0 Å². The van der Waals surface area contributed by atoms with Gasteiger partial charge in [-0.15, -0.1) is 0 Å². The van der Waals surface area contributed by atoms with Gasteiger partial charge in [-0.25, -0.2) is 0 Å². The van der Waals surface area contributed by atoms with Gasteiger partial charge in [0.2, 0.25) is 0 Å². The molecule has 3 nitrogen and oxygen atoms in total. The zero-order valence-electron chi connectivity index (χ0n) is 8.96. The molecule has 78 valence electrons. The van der Waals surface area contributed by atoms with Crippen LogP contribution in [-0.4, -0.2) is 14.2 Å². The van der Waals surface area contributed by atoms with Crippen LogP contribution in [0.4, 0.5) is 0 Å². The zero-order valence-corrected chi connectivity index (χ0v) is 8.96. The predicted octanol–water partition coefficient (Wildman–Crippen LogP) is 1.72. The molecule has 0 spiro atoms. The van der Waals surface area contributed by atoms with E-state index in [0.29, 0.717) is 6.54 Å². The molecule has 0 aliphatic heterocycles. The largest absolute Gasteiger partial charge is 0.493 e. The summed E-state index contributed by atoms with van der Waals surface area (Å²) in [7, 11) is 3.29. The minimum Gasteiger partial charge on any atom is -0.493 e. The Morgan fingerprint density at radius 1 is 1.21 bits per heavy atom. The molecule has 0 aliphatic carbocycles. The minimum absolute atomic E-state index is 0.531. The van der Waals surface area contributed by atoms with E-state index < -0.39 is 0 Å². The topological polar surface area (TPSA) is 44.5 Å². The highest BCUT2D eigenvalue weighted by Gasteiger charge is 2.11. The fourth-order valence-electron chi connectivity index (χ4n) is 1.61. The second-order valence-electron chi connectivity index (χ2n) is 3.00. The number of hydrogen-bond donors (Lipinski definition) is 1. The van der Waals surface area contributed by atoms with E-state index in [4.69, 9.17) is 15.2 Å². The summed E-state index contributed by atoms with van der Waals surface area (Å²) in [6.07, 6.45) is 0.896. The fourth-order valence-corrected chi connectivity index (χ4v) is 1.61. The number of nitrogens with two attached hydrogens (primary N) is 1. The number of benzene rings is 1. The van der Waals surface area contributed by atoms with Gasteiger partial charge in [0.05, 0.1) is 14.2 Å². The van der Waals surface area contributed by atoms with Crippen LogP contribution in [0.15, 0.2) is 12.1 Å². The summed E-state index contributed by atoms with van der Waals surface area (Å²) in [6, 6.07) is 3.88. The molecule has 2 N–H and O–H groups in total. The SMILES string of the molecule is CCc1c(CN)ccc(OC)c1OC. The molecule has 0 heterocycles. The van der Waals surface area contributed by atoms with Crippen molar-refractivity contribution in [2.75, 3.05) is 14.2 Å². The van der Waals surface area contributed by atoms with Crippen molar-refractivity contribution in [3.63, 3.8) is 0 Å². The number of hydrogen-bond acceptors (Lipinski definition) is 3. The highest BCUT2D eigenvalue weighted by atomic mass is 16.5. The summed E-state index contributed by atoms with van der Waals surface area (Å²) >= 11 is 0. The molecule has 0 saturated carbocycles. The second kappa shape index (κ2) is 4.86. The Morgan fingerprint density at radius 2 is 1.93 bits per heavy atom. The summed E-state index contributed by atoms with van der Waals surface area (Å²) in [5.74, 6) is 1.57. The third kappa shape index (κ3) is 1.82. The summed E-state index contributed by atoms with van der Waals surface area (Å²) < 4.78 is 10.5. The quantitative estimate of drug-likeness (QED) is 0.795. The van der Waals surface area contributed by atoms with Crippen LogP contribution < -0.4 is 15.2 Å². The predicted molar refractivity (Wildman–Crippen MR) is 56.8 cm³/mol. The van der Waals surface area contributed by atoms with Crippen molar-refractivity contribution >= 4 is 0 Å². The monoisotopic (exact) mass is 195 g/mol. The third-order valence-corrected chi connectivity index (χ3v) is 2.32. The fraction of sp³-hybridized carbons (Fsp3) is 0.455. The van der Waals surface area contributed by atoms with E-state index in [1.54, 1.807) is 14.2 Å². The van der Waals surface area contributed by atoms with Gasteiger partial charge in [-0.2, -0.15) is 0 Å². The Hall–Kier alpha value is -1.22. The van der Waals surface area contributed by atoms with Crippen LogP contribution >= 0.6 is 0 Å². The lowest BCUT2D eigenvalue weighted by atomic mass is 10.0. The average Bonchev–Trinajstić information content (AvgIpc) is 2.26. The van der Waals surface area contributed by atoms with Crippen molar-refractivity contribution < 1.29 is 9.47 Å². The van der Waals surface area contributed by atoms with E-state index in [1.807, 2.05) is 12.1 Å². The van der Waals surface area contributed by atoms with Crippen molar-refractivity contribution in [1.29, 1.82) is 0 Å². The molecular formula is C11H17NO2. The van der Waals surface area contributed by atoms with E-state index in [0.717, 1.165) is 29.0 Å². The molecule has 0 fully saturated rings. The molecule has 3 heteroatoms. The Labute approximate surface area is 84.8 Å². The average molecular weight is 195 g/mol. The van der Waals surface area contributed by atoms with E-state index >= 15 is 0 Å². The molecule has 14 heavy (non-hydrogen) atoms. The van der Waals surface area contributed by atoms with Crippen LogP contribution in [0.1, 0.15) is 18.1 Å². The summed E-state index contributed by atoms with van der Waals surface area (Å²) in [4.78, 5) is 0. The van der Waals surface area contributed by atoms with E-state index in [9.17, 15) is 0 Å². The van der Waals surface area contributed by atoms with Crippen LogP contribution in [0, 0.1) is 0 Å². The zero-order chi connectivity index (χ0) is 10.6. The van der Waals surface area contributed by atoms with Gasteiger partial charge in [0, 0.05) is 12.1 Å². The van der Waals surface area contributed by atoms with Gasteiger partial charge < -0.3 is 15.2 Å². The Kier molecular flexibility index (Phi) is 3.77. The van der Waals surface area contributed by atoms with Crippen LogP contribution in [0.3, 0.4) is 0 Å². The highest BCUT2D eigenvalue weighted by Crippen LogP contribution is 2.33. The van der Waals surface area contributed by atoms with Crippen LogP contribution in [0.2, 0.25) is 0 Å². The Morgan fingerprint density at radius 3 is 2.36 bits per heavy atom. The van der Waals surface area contributed by atoms with Crippen molar-refractivity contribution in [3.8, 4) is 11.5 Å². The van der Waals surface area contributed by atoms with Gasteiger partial charge in [0.15, 0.2) is 11.5 Å². The second-order valence-corrected chi connectivity index (χ2v) is 3.00. The summed E-state index contributed by atoms with van der Waals surface area (Å²) in [5, 5.41) is 0. The maximum Gasteiger partial charge on any atom is 0.164 e. The molecule has 0 atom stereocenters. The van der Waals surface area contributed by atoms with Gasteiger partial charge in [-0.3, -0.25) is 0 Å². The smallest absolute Gasteiger partial charge is 0.164 e. The first kappa shape index (κ1) is 10.9. The molecule has 0 aromatic heterocycles. The molecular weight excluding hydrogens is 178 g/mol. The van der Waals surface area contributed by atoms with Crippen molar-refractivity contribution in [3.05, 3.63) is 23.3 Å². The molecule has 0 amide bonds. The number of ether oxygens (including phenoxy) is 2. The first-order valence-electron chi connectivity index (χ1n) is 4.71. The van der Waals surface area contributed by atoms with Crippen LogP contribution in [0.5, 0.6) is 11.5 Å². The van der Waals surface area contributed by atoms with Crippen molar-refractivity contribution in [2.24, 2.45) is 5.73 Å². The van der Waals surface area contributed by atoms with E-state index in [1.165, 1.54) is 0 Å². The Balaban J connectivity index is 3.28. The van der Waals surface area contributed by atoms with Crippen molar-refractivity contribution in [1.82, 2.24) is 0 Å². The molecule has 0 unspecified atom stereocenters. The molecule has 0 bridgehead atoms. The molecule has 0 aliphatic rings. The van der Waals surface area contributed by atoms with Gasteiger partial charge >= 0.3 is 0 Å². The van der Waals surface area contributed by atoms with Gasteiger partial charge in [0.25, 0.3) is 0 Å². The third-order valence-electron chi connectivity index (χ3n) is 2.32.